The van der Waals surface area contributed by atoms with Crippen molar-refractivity contribution in [1.82, 2.24) is 15.1 Å². The van der Waals surface area contributed by atoms with Gasteiger partial charge < -0.3 is 5.32 Å². The standard InChI is InChI=1S/C13H25N3/c1-10-12(11(2)16(6)15-10)7-8-14-9-13(3,4)5/h14H,7-9H2,1-6H3. The quantitative estimate of drug-likeness (QED) is 0.793. The molecule has 0 aliphatic carbocycles. The molecule has 0 unspecified atom stereocenters. The predicted octanol–water partition coefficient (Wildman–Crippen LogP) is 2.22. The lowest BCUT2D eigenvalue weighted by Gasteiger charge is -2.18. The zero-order valence-electron chi connectivity index (χ0n) is 11.5. The first-order valence-corrected chi connectivity index (χ1v) is 6.01. The van der Waals surface area contributed by atoms with Gasteiger partial charge in [0.05, 0.1) is 5.69 Å². The molecular weight excluding hydrogens is 198 g/mol. The molecule has 0 aliphatic rings. The van der Waals surface area contributed by atoms with Crippen LogP contribution in [0.25, 0.3) is 0 Å². The number of hydrogen-bond acceptors (Lipinski definition) is 2. The smallest absolute Gasteiger partial charge is 0.0628 e. The third-order valence-corrected chi connectivity index (χ3v) is 2.87. The summed E-state index contributed by atoms with van der Waals surface area (Å²) >= 11 is 0. The van der Waals surface area contributed by atoms with Gasteiger partial charge in [-0.3, -0.25) is 4.68 Å². The summed E-state index contributed by atoms with van der Waals surface area (Å²) in [6.07, 6.45) is 1.07. The van der Waals surface area contributed by atoms with Crippen LogP contribution in [0.4, 0.5) is 0 Å². The average Bonchev–Trinajstić information content (AvgIpc) is 2.36. The molecule has 1 rings (SSSR count). The lowest BCUT2D eigenvalue weighted by Crippen LogP contribution is -2.28. The van der Waals surface area contributed by atoms with E-state index in [-0.39, 0.29) is 0 Å². The van der Waals surface area contributed by atoms with Crippen molar-refractivity contribution < 1.29 is 0 Å². The van der Waals surface area contributed by atoms with Gasteiger partial charge in [-0.2, -0.15) is 5.10 Å². The maximum atomic E-state index is 4.43. The van der Waals surface area contributed by atoms with Crippen LogP contribution in [0, 0.1) is 19.3 Å². The first-order chi connectivity index (χ1) is 7.31. The molecule has 0 fully saturated rings. The van der Waals surface area contributed by atoms with E-state index in [2.05, 4.69) is 45.0 Å². The van der Waals surface area contributed by atoms with E-state index in [9.17, 15) is 0 Å². The van der Waals surface area contributed by atoms with Gasteiger partial charge in [0.25, 0.3) is 0 Å². The van der Waals surface area contributed by atoms with Crippen molar-refractivity contribution in [3.05, 3.63) is 17.0 Å². The fourth-order valence-electron chi connectivity index (χ4n) is 1.86. The highest BCUT2D eigenvalue weighted by atomic mass is 15.3. The molecular formula is C13H25N3. The van der Waals surface area contributed by atoms with E-state index in [1.165, 1.54) is 11.3 Å². The summed E-state index contributed by atoms with van der Waals surface area (Å²) in [6.45, 7) is 13.1. The molecule has 0 spiro atoms. The van der Waals surface area contributed by atoms with Gasteiger partial charge in [-0.15, -0.1) is 0 Å². The fraction of sp³-hybridized carbons (Fsp3) is 0.769. The van der Waals surface area contributed by atoms with Crippen molar-refractivity contribution in [2.45, 2.75) is 41.0 Å². The van der Waals surface area contributed by atoms with E-state index in [0.29, 0.717) is 5.41 Å². The Morgan fingerprint density at radius 2 is 1.88 bits per heavy atom. The molecule has 1 aromatic heterocycles. The first kappa shape index (κ1) is 13.2. The minimum absolute atomic E-state index is 0.360. The van der Waals surface area contributed by atoms with E-state index in [1.54, 1.807) is 0 Å². The predicted molar refractivity (Wildman–Crippen MR) is 68.7 cm³/mol. The Kier molecular flexibility index (Phi) is 4.14. The van der Waals surface area contributed by atoms with Gasteiger partial charge in [0.2, 0.25) is 0 Å². The molecule has 16 heavy (non-hydrogen) atoms. The lowest BCUT2D eigenvalue weighted by atomic mass is 9.97. The van der Waals surface area contributed by atoms with Crippen LogP contribution in [0.3, 0.4) is 0 Å². The fourth-order valence-corrected chi connectivity index (χ4v) is 1.86. The molecule has 1 aromatic rings. The Balaban J connectivity index is 2.43. The third kappa shape index (κ3) is 3.63. The highest BCUT2D eigenvalue weighted by Crippen LogP contribution is 2.13. The SMILES string of the molecule is Cc1nn(C)c(C)c1CCNCC(C)(C)C. The number of aromatic nitrogens is 2. The number of aryl methyl sites for hydroxylation is 2. The normalized spacial score (nSPS) is 12.1. The second-order valence-electron chi connectivity index (χ2n) is 5.76. The summed E-state index contributed by atoms with van der Waals surface area (Å²) < 4.78 is 1.97. The highest BCUT2D eigenvalue weighted by molar-refractivity contribution is 5.24. The largest absolute Gasteiger partial charge is 0.316 e. The molecule has 0 saturated heterocycles. The van der Waals surface area contributed by atoms with Crippen molar-refractivity contribution >= 4 is 0 Å². The van der Waals surface area contributed by atoms with Gasteiger partial charge in [-0.1, -0.05) is 20.8 Å². The third-order valence-electron chi connectivity index (χ3n) is 2.87. The van der Waals surface area contributed by atoms with E-state index >= 15 is 0 Å². The van der Waals surface area contributed by atoms with Gasteiger partial charge in [0.1, 0.15) is 0 Å². The minimum Gasteiger partial charge on any atom is -0.316 e. The molecule has 0 amide bonds. The number of nitrogens with zero attached hydrogens (tertiary/aromatic N) is 2. The molecule has 0 aliphatic heterocycles. The lowest BCUT2D eigenvalue weighted by molar-refractivity contribution is 0.381. The molecule has 0 saturated carbocycles. The van der Waals surface area contributed by atoms with Crippen molar-refractivity contribution in [3.8, 4) is 0 Å². The van der Waals surface area contributed by atoms with Crippen molar-refractivity contribution in [2.24, 2.45) is 12.5 Å². The number of rotatable bonds is 4. The zero-order chi connectivity index (χ0) is 12.3. The average molecular weight is 223 g/mol. The van der Waals surface area contributed by atoms with E-state index in [4.69, 9.17) is 0 Å². The Morgan fingerprint density at radius 1 is 1.25 bits per heavy atom. The van der Waals surface area contributed by atoms with Crippen LogP contribution in [-0.4, -0.2) is 22.9 Å². The second-order valence-corrected chi connectivity index (χ2v) is 5.76. The van der Waals surface area contributed by atoms with Crippen LogP contribution in [0.1, 0.15) is 37.7 Å². The maximum Gasteiger partial charge on any atom is 0.0628 e. The van der Waals surface area contributed by atoms with Gasteiger partial charge >= 0.3 is 0 Å². The Morgan fingerprint density at radius 3 is 2.31 bits per heavy atom. The van der Waals surface area contributed by atoms with E-state index in [1.807, 2.05) is 11.7 Å². The number of hydrogen-bond donors (Lipinski definition) is 1. The van der Waals surface area contributed by atoms with Crippen LogP contribution in [-0.2, 0) is 13.5 Å². The van der Waals surface area contributed by atoms with Crippen LogP contribution < -0.4 is 5.32 Å². The van der Waals surface area contributed by atoms with E-state index in [0.717, 1.165) is 25.2 Å². The van der Waals surface area contributed by atoms with Gasteiger partial charge in [0, 0.05) is 19.3 Å². The molecule has 0 bridgehead atoms. The summed E-state index contributed by atoms with van der Waals surface area (Å²) in [5, 5.41) is 7.93. The van der Waals surface area contributed by atoms with Gasteiger partial charge in [0.15, 0.2) is 0 Å². The maximum absolute atomic E-state index is 4.43. The Hall–Kier alpha value is -0.830. The van der Waals surface area contributed by atoms with Crippen LogP contribution in [0.2, 0.25) is 0 Å². The second kappa shape index (κ2) is 5.00. The van der Waals surface area contributed by atoms with E-state index < -0.39 is 0 Å². The summed E-state index contributed by atoms with van der Waals surface area (Å²) in [5.74, 6) is 0. The van der Waals surface area contributed by atoms with Crippen LogP contribution >= 0.6 is 0 Å². The molecule has 0 atom stereocenters. The van der Waals surface area contributed by atoms with Gasteiger partial charge in [-0.05, 0) is 37.8 Å². The first-order valence-electron chi connectivity index (χ1n) is 6.01. The van der Waals surface area contributed by atoms with Crippen LogP contribution in [0.15, 0.2) is 0 Å². The molecule has 0 radical (unpaired) electrons. The summed E-state index contributed by atoms with van der Waals surface area (Å²) in [6, 6.07) is 0. The van der Waals surface area contributed by atoms with Crippen molar-refractivity contribution in [3.63, 3.8) is 0 Å². The Bertz CT molecular complexity index is 345. The minimum atomic E-state index is 0.360. The summed E-state index contributed by atoms with van der Waals surface area (Å²) in [7, 11) is 2.01. The van der Waals surface area contributed by atoms with Crippen molar-refractivity contribution in [1.29, 1.82) is 0 Å². The van der Waals surface area contributed by atoms with Crippen LogP contribution in [0.5, 0.6) is 0 Å². The van der Waals surface area contributed by atoms with Gasteiger partial charge in [-0.25, -0.2) is 0 Å². The molecule has 1 heterocycles. The summed E-state index contributed by atoms with van der Waals surface area (Å²) in [4.78, 5) is 0. The summed E-state index contributed by atoms with van der Waals surface area (Å²) in [5.41, 5.74) is 4.20. The van der Waals surface area contributed by atoms with Crippen molar-refractivity contribution in [2.75, 3.05) is 13.1 Å². The monoisotopic (exact) mass is 223 g/mol. The number of nitrogens with one attached hydrogen (secondary N) is 1. The topological polar surface area (TPSA) is 29.9 Å². The molecule has 1 N–H and O–H groups in total. The Labute approximate surface area is 99.2 Å². The molecule has 0 aromatic carbocycles. The highest BCUT2D eigenvalue weighted by Gasteiger charge is 2.11. The zero-order valence-corrected chi connectivity index (χ0v) is 11.5. The molecule has 3 heteroatoms. The molecule has 3 nitrogen and oxygen atoms in total. The molecule has 92 valence electrons.